The molecule has 106 valence electrons. The van der Waals surface area contributed by atoms with E-state index in [9.17, 15) is 5.11 Å². The van der Waals surface area contributed by atoms with Crippen molar-refractivity contribution < 1.29 is 9.84 Å². The predicted molar refractivity (Wildman–Crippen MR) is 75.2 cm³/mol. The van der Waals surface area contributed by atoms with Gasteiger partial charge < -0.3 is 9.84 Å². The molecule has 0 radical (unpaired) electrons. The maximum atomic E-state index is 9.48. The molecule has 0 amide bonds. The van der Waals surface area contributed by atoms with E-state index >= 15 is 0 Å². The topological polar surface area (TPSA) is 60.2 Å². The van der Waals surface area contributed by atoms with Gasteiger partial charge in [-0.25, -0.2) is 4.68 Å². The fourth-order valence-corrected chi connectivity index (χ4v) is 2.67. The van der Waals surface area contributed by atoms with Gasteiger partial charge in [0, 0.05) is 5.92 Å². The highest BCUT2D eigenvalue weighted by molar-refractivity contribution is 5.49. The number of aryl methyl sites for hydroxylation is 1. The second-order valence-electron chi connectivity index (χ2n) is 5.29. The molecular weight excluding hydrogens is 254 g/mol. The molecule has 0 aliphatic heterocycles. The number of ether oxygens (including phenoxy) is 1. The van der Waals surface area contributed by atoms with Crippen LogP contribution < -0.4 is 4.74 Å². The lowest BCUT2D eigenvalue weighted by molar-refractivity contribution is 0.272. The van der Waals surface area contributed by atoms with Crippen LogP contribution in [-0.4, -0.2) is 27.2 Å². The van der Waals surface area contributed by atoms with E-state index in [1.165, 1.54) is 6.42 Å². The molecule has 1 N–H and O–H groups in total. The van der Waals surface area contributed by atoms with Crippen LogP contribution in [0, 0.1) is 6.92 Å². The van der Waals surface area contributed by atoms with Gasteiger partial charge >= 0.3 is 0 Å². The van der Waals surface area contributed by atoms with Gasteiger partial charge in [0.2, 0.25) is 0 Å². The second-order valence-corrected chi connectivity index (χ2v) is 5.29. The maximum Gasteiger partial charge on any atom is 0.144 e. The summed E-state index contributed by atoms with van der Waals surface area (Å²) in [5.74, 6) is 1.21. The first kappa shape index (κ1) is 13.1. The predicted octanol–water partition coefficient (Wildman–Crippen LogP) is 2.34. The van der Waals surface area contributed by atoms with Gasteiger partial charge in [-0.15, -0.1) is 5.10 Å². The molecule has 0 unspecified atom stereocenters. The number of aliphatic hydroxyl groups is 1. The third-order valence-electron chi connectivity index (χ3n) is 3.98. The normalized spacial score (nSPS) is 15.2. The van der Waals surface area contributed by atoms with Crippen molar-refractivity contribution in [1.29, 1.82) is 0 Å². The minimum Gasteiger partial charge on any atom is -0.494 e. The second kappa shape index (κ2) is 5.25. The van der Waals surface area contributed by atoms with Gasteiger partial charge in [-0.1, -0.05) is 17.7 Å². The molecule has 1 aliphatic carbocycles. The zero-order chi connectivity index (χ0) is 14.1. The van der Waals surface area contributed by atoms with Crippen LogP contribution in [0.2, 0.25) is 0 Å². The Morgan fingerprint density at radius 1 is 1.40 bits per heavy atom. The molecule has 0 saturated heterocycles. The monoisotopic (exact) mass is 273 g/mol. The SMILES string of the molecule is COc1ccc(C)cc1-n1nnc(CO)c1C1CCC1. The number of aromatic nitrogens is 3. The fourth-order valence-electron chi connectivity index (χ4n) is 2.67. The summed E-state index contributed by atoms with van der Waals surface area (Å²) < 4.78 is 7.27. The van der Waals surface area contributed by atoms with Crippen molar-refractivity contribution in [3.05, 3.63) is 35.2 Å². The Morgan fingerprint density at radius 2 is 2.20 bits per heavy atom. The highest BCUT2D eigenvalue weighted by atomic mass is 16.5. The lowest BCUT2D eigenvalue weighted by Crippen LogP contribution is -2.16. The van der Waals surface area contributed by atoms with Gasteiger partial charge in [-0.05, 0) is 37.5 Å². The molecule has 5 nitrogen and oxygen atoms in total. The molecule has 20 heavy (non-hydrogen) atoms. The van der Waals surface area contributed by atoms with Crippen LogP contribution in [-0.2, 0) is 6.61 Å². The number of benzene rings is 1. The van der Waals surface area contributed by atoms with Crippen LogP contribution >= 0.6 is 0 Å². The summed E-state index contributed by atoms with van der Waals surface area (Å²) in [4.78, 5) is 0. The summed E-state index contributed by atoms with van der Waals surface area (Å²) in [7, 11) is 1.65. The van der Waals surface area contributed by atoms with E-state index in [1.807, 2.05) is 29.8 Å². The summed E-state index contributed by atoms with van der Waals surface area (Å²) in [6.45, 7) is 1.97. The molecule has 1 aliphatic rings. The number of nitrogens with zero attached hydrogens (tertiary/aromatic N) is 3. The summed E-state index contributed by atoms with van der Waals surface area (Å²) in [5.41, 5.74) is 3.74. The molecule has 0 atom stereocenters. The lowest BCUT2D eigenvalue weighted by Gasteiger charge is -2.26. The Morgan fingerprint density at radius 3 is 2.80 bits per heavy atom. The minimum atomic E-state index is -0.0695. The van der Waals surface area contributed by atoms with Crippen molar-refractivity contribution in [3.63, 3.8) is 0 Å². The Kier molecular flexibility index (Phi) is 3.44. The first-order chi connectivity index (χ1) is 9.74. The van der Waals surface area contributed by atoms with E-state index in [0.717, 1.165) is 35.5 Å². The molecule has 2 aromatic rings. The van der Waals surface area contributed by atoms with E-state index < -0.39 is 0 Å². The summed E-state index contributed by atoms with van der Waals surface area (Å²) >= 11 is 0. The number of methoxy groups -OCH3 is 1. The average Bonchev–Trinajstić information content (AvgIpc) is 2.80. The third-order valence-corrected chi connectivity index (χ3v) is 3.98. The van der Waals surface area contributed by atoms with Gasteiger partial charge in [0.25, 0.3) is 0 Å². The summed E-state index contributed by atoms with van der Waals surface area (Å²) in [6.07, 6.45) is 3.49. The third kappa shape index (κ3) is 2.08. The van der Waals surface area contributed by atoms with Crippen LogP contribution in [0.4, 0.5) is 0 Å². The minimum absolute atomic E-state index is 0.0695. The Labute approximate surface area is 118 Å². The first-order valence-corrected chi connectivity index (χ1v) is 6.95. The van der Waals surface area contributed by atoms with Crippen LogP contribution in [0.5, 0.6) is 5.75 Å². The van der Waals surface area contributed by atoms with Crippen molar-refractivity contribution in [2.24, 2.45) is 0 Å². The first-order valence-electron chi connectivity index (χ1n) is 6.95. The molecule has 1 aromatic heterocycles. The Balaban J connectivity index is 2.14. The van der Waals surface area contributed by atoms with E-state index in [2.05, 4.69) is 10.3 Å². The highest BCUT2D eigenvalue weighted by Gasteiger charge is 2.28. The maximum absolute atomic E-state index is 9.48. The Bertz CT molecular complexity index is 618. The average molecular weight is 273 g/mol. The molecule has 1 heterocycles. The van der Waals surface area contributed by atoms with E-state index in [-0.39, 0.29) is 6.61 Å². The zero-order valence-electron chi connectivity index (χ0n) is 11.8. The molecule has 1 fully saturated rings. The van der Waals surface area contributed by atoms with Gasteiger partial charge in [0.1, 0.15) is 17.1 Å². The summed E-state index contributed by atoms with van der Waals surface area (Å²) in [5, 5.41) is 17.8. The Hall–Kier alpha value is -1.88. The molecule has 0 spiro atoms. The van der Waals surface area contributed by atoms with E-state index in [4.69, 9.17) is 4.74 Å². The molecule has 1 aromatic carbocycles. The van der Waals surface area contributed by atoms with Crippen molar-refractivity contribution in [2.75, 3.05) is 7.11 Å². The smallest absolute Gasteiger partial charge is 0.144 e. The van der Waals surface area contributed by atoms with Crippen LogP contribution in [0.25, 0.3) is 5.69 Å². The van der Waals surface area contributed by atoms with Crippen molar-refractivity contribution in [2.45, 2.75) is 38.7 Å². The largest absolute Gasteiger partial charge is 0.494 e. The molecular formula is C15H19N3O2. The molecule has 5 heteroatoms. The van der Waals surface area contributed by atoms with Gasteiger partial charge in [0.15, 0.2) is 0 Å². The van der Waals surface area contributed by atoms with E-state index in [1.54, 1.807) is 7.11 Å². The number of hydrogen-bond donors (Lipinski definition) is 1. The van der Waals surface area contributed by atoms with Crippen LogP contribution in [0.3, 0.4) is 0 Å². The number of hydrogen-bond acceptors (Lipinski definition) is 4. The number of rotatable bonds is 4. The van der Waals surface area contributed by atoms with Gasteiger partial charge in [-0.3, -0.25) is 0 Å². The van der Waals surface area contributed by atoms with Gasteiger partial charge in [0.05, 0.1) is 19.4 Å². The van der Waals surface area contributed by atoms with Crippen molar-refractivity contribution >= 4 is 0 Å². The molecule has 0 bridgehead atoms. The standard InChI is InChI=1S/C15H19N3O2/c1-10-6-7-14(20-2)13(8-10)18-15(11-4-3-5-11)12(9-19)16-17-18/h6-8,11,19H,3-5,9H2,1-2H3. The van der Waals surface area contributed by atoms with Crippen molar-refractivity contribution in [1.82, 2.24) is 15.0 Å². The fraction of sp³-hybridized carbons (Fsp3) is 0.467. The molecule has 3 rings (SSSR count). The number of aliphatic hydroxyl groups excluding tert-OH is 1. The zero-order valence-corrected chi connectivity index (χ0v) is 11.8. The van der Waals surface area contributed by atoms with Crippen LogP contribution in [0.15, 0.2) is 18.2 Å². The molecule has 1 saturated carbocycles. The summed E-state index contributed by atoms with van der Waals surface area (Å²) in [6, 6.07) is 5.99. The van der Waals surface area contributed by atoms with E-state index in [0.29, 0.717) is 11.6 Å². The lowest BCUT2D eigenvalue weighted by atomic mass is 9.82. The van der Waals surface area contributed by atoms with Gasteiger partial charge in [-0.2, -0.15) is 0 Å². The highest BCUT2D eigenvalue weighted by Crippen LogP contribution is 2.39. The quantitative estimate of drug-likeness (QED) is 0.929. The van der Waals surface area contributed by atoms with Crippen LogP contribution in [0.1, 0.15) is 42.1 Å². The van der Waals surface area contributed by atoms with Crippen molar-refractivity contribution in [3.8, 4) is 11.4 Å².